The second-order valence-corrected chi connectivity index (χ2v) is 6.81. The Bertz CT molecular complexity index is 1030. The number of ether oxygens (including phenoxy) is 1. The monoisotopic (exact) mass is 408 g/mol. The predicted molar refractivity (Wildman–Crippen MR) is 120 cm³/mol. The summed E-state index contributed by atoms with van der Waals surface area (Å²) in [6.07, 6.45) is 1.62. The number of aromatic nitrogens is 2. The van der Waals surface area contributed by atoms with Crippen LogP contribution in [0, 0.1) is 6.92 Å². The fourth-order valence-corrected chi connectivity index (χ4v) is 2.85. The molecule has 1 heterocycles. The van der Waals surface area contributed by atoms with E-state index in [2.05, 4.69) is 15.3 Å². The highest BCUT2D eigenvalue weighted by atomic mass is 16.5. The fraction of sp³-hybridized carbons (Fsp3) is 0.217. The van der Waals surface area contributed by atoms with E-state index in [9.17, 15) is 9.59 Å². The molecule has 0 unspecified atom stereocenters. The van der Waals surface area contributed by atoms with Crippen molar-refractivity contribution in [3.8, 4) is 11.3 Å². The summed E-state index contributed by atoms with van der Waals surface area (Å²) in [5.41, 5.74) is 3.39. The first kappa shape index (κ1) is 21.1. The van der Waals surface area contributed by atoms with Gasteiger partial charge in [0.25, 0.3) is 11.8 Å². The summed E-state index contributed by atoms with van der Waals surface area (Å²) < 4.78 is 5.01. The molecule has 3 rings (SSSR count). The van der Waals surface area contributed by atoms with Gasteiger partial charge in [-0.3, -0.25) is 14.6 Å². The van der Waals surface area contributed by atoms with E-state index in [1.54, 1.807) is 56.4 Å². The molecular weight excluding hydrogens is 380 g/mol. The maximum Gasteiger partial charge on any atom is 0.276 e. The van der Waals surface area contributed by atoms with Gasteiger partial charge in [0.1, 0.15) is 5.69 Å². The summed E-state index contributed by atoms with van der Waals surface area (Å²) >= 11 is 0. The SMILES string of the molecule is COCCN(C)C(=O)c1ccc(-c2cnc(C)c(C(=O)Nc3ccccc3)n2)cc1.[HH].[HH]. The maximum absolute atomic E-state index is 12.6. The van der Waals surface area contributed by atoms with Crippen LogP contribution in [0.1, 0.15) is 29.4 Å². The Morgan fingerprint density at radius 3 is 2.47 bits per heavy atom. The summed E-state index contributed by atoms with van der Waals surface area (Å²) in [4.78, 5) is 35.5. The minimum absolute atomic E-state index is 0. The molecule has 158 valence electrons. The zero-order valence-electron chi connectivity index (χ0n) is 17.3. The van der Waals surface area contributed by atoms with Crippen molar-refractivity contribution >= 4 is 17.5 Å². The molecule has 0 bridgehead atoms. The molecule has 7 nitrogen and oxygen atoms in total. The first-order valence-corrected chi connectivity index (χ1v) is 9.54. The van der Waals surface area contributed by atoms with Crippen LogP contribution >= 0.6 is 0 Å². The number of carbonyl (C=O) groups excluding carboxylic acids is 2. The predicted octanol–water partition coefficient (Wildman–Crippen LogP) is 3.91. The summed E-state index contributed by atoms with van der Waals surface area (Å²) in [6, 6.07) is 16.3. The van der Waals surface area contributed by atoms with Gasteiger partial charge in [0.2, 0.25) is 0 Å². The van der Waals surface area contributed by atoms with Crippen molar-refractivity contribution in [1.29, 1.82) is 0 Å². The smallest absolute Gasteiger partial charge is 0.276 e. The van der Waals surface area contributed by atoms with Crippen LogP contribution in [0.15, 0.2) is 60.8 Å². The standard InChI is InChI=1S/C23H24N4O3.2H2/c1-16-21(22(28)25-19-7-5-4-6-8-19)26-20(15-24-16)17-9-11-18(12-10-17)23(29)27(2)13-14-30-3;;/h4-12,15H,13-14H2,1-3H3,(H,25,28);2*1H. The van der Waals surface area contributed by atoms with E-state index >= 15 is 0 Å². The lowest BCUT2D eigenvalue weighted by Crippen LogP contribution is -2.29. The number of anilines is 1. The Labute approximate surface area is 178 Å². The Morgan fingerprint density at radius 1 is 1.10 bits per heavy atom. The van der Waals surface area contributed by atoms with Crippen LogP contribution in [-0.4, -0.2) is 54.0 Å². The third kappa shape index (κ3) is 5.07. The number of hydrogen-bond acceptors (Lipinski definition) is 5. The molecule has 0 saturated heterocycles. The number of amides is 2. The largest absolute Gasteiger partial charge is 0.383 e. The zero-order chi connectivity index (χ0) is 21.5. The summed E-state index contributed by atoms with van der Waals surface area (Å²) in [5.74, 6) is -0.406. The van der Waals surface area contributed by atoms with Crippen molar-refractivity contribution in [3.63, 3.8) is 0 Å². The minimum Gasteiger partial charge on any atom is -0.383 e. The molecule has 0 aliphatic rings. The number of para-hydroxylation sites is 1. The van der Waals surface area contributed by atoms with E-state index in [-0.39, 0.29) is 20.4 Å². The number of rotatable bonds is 7. The summed E-state index contributed by atoms with van der Waals surface area (Å²) in [7, 11) is 3.34. The Morgan fingerprint density at radius 2 is 1.80 bits per heavy atom. The van der Waals surface area contributed by atoms with Crippen molar-refractivity contribution in [3.05, 3.63) is 77.7 Å². The van der Waals surface area contributed by atoms with Gasteiger partial charge in [-0.05, 0) is 31.2 Å². The molecule has 7 heteroatoms. The maximum atomic E-state index is 12.6. The van der Waals surface area contributed by atoms with E-state index in [4.69, 9.17) is 4.74 Å². The van der Waals surface area contributed by atoms with Crippen LogP contribution in [0.5, 0.6) is 0 Å². The molecule has 3 aromatic rings. The molecule has 0 fully saturated rings. The van der Waals surface area contributed by atoms with E-state index in [1.807, 2.05) is 30.3 Å². The van der Waals surface area contributed by atoms with Gasteiger partial charge in [0.05, 0.1) is 24.2 Å². The van der Waals surface area contributed by atoms with Crippen molar-refractivity contribution < 1.29 is 17.2 Å². The van der Waals surface area contributed by atoms with Crippen LogP contribution in [0.2, 0.25) is 0 Å². The van der Waals surface area contributed by atoms with E-state index in [0.29, 0.717) is 35.8 Å². The van der Waals surface area contributed by atoms with Gasteiger partial charge in [0, 0.05) is 40.4 Å². The molecule has 2 aromatic carbocycles. The average molecular weight is 409 g/mol. The second-order valence-electron chi connectivity index (χ2n) is 6.81. The first-order chi connectivity index (χ1) is 14.5. The normalized spacial score (nSPS) is 10.5. The third-order valence-corrected chi connectivity index (χ3v) is 4.61. The van der Waals surface area contributed by atoms with Gasteiger partial charge in [-0.25, -0.2) is 4.98 Å². The number of likely N-dealkylation sites (N-methyl/N-ethyl adjacent to an activating group) is 1. The van der Waals surface area contributed by atoms with E-state index in [1.165, 1.54) is 0 Å². The topological polar surface area (TPSA) is 84.4 Å². The summed E-state index contributed by atoms with van der Waals surface area (Å²) in [5, 5.41) is 2.83. The number of nitrogens with one attached hydrogen (secondary N) is 1. The van der Waals surface area contributed by atoms with Gasteiger partial charge in [0.15, 0.2) is 0 Å². The number of nitrogens with zero attached hydrogens (tertiary/aromatic N) is 3. The van der Waals surface area contributed by atoms with Crippen LogP contribution in [0.3, 0.4) is 0 Å². The van der Waals surface area contributed by atoms with Crippen LogP contribution < -0.4 is 5.32 Å². The van der Waals surface area contributed by atoms with Crippen molar-refractivity contribution in [2.45, 2.75) is 6.92 Å². The molecular formula is C23H28N4O3. The molecule has 1 N–H and O–H groups in total. The Hall–Kier alpha value is -3.58. The highest BCUT2D eigenvalue weighted by Gasteiger charge is 2.15. The molecule has 0 saturated carbocycles. The number of hydrogen-bond donors (Lipinski definition) is 1. The lowest BCUT2D eigenvalue weighted by atomic mass is 10.1. The van der Waals surface area contributed by atoms with Crippen LogP contribution in [0.4, 0.5) is 5.69 Å². The second kappa shape index (κ2) is 9.76. The zero-order valence-corrected chi connectivity index (χ0v) is 17.3. The average Bonchev–Trinajstić information content (AvgIpc) is 2.78. The van der Waals surface area contributed by atoms with E-state index in [0.717, 1.165) is 5.56 Å². The minimum atomic E-state index is -0.320. The van der Waals surface area contributed by atoms with Gasteiger partial charge in [-0.15, -0.1) is 0 Å². The molecule has 0 radical (unpaired) electrons. The van der Waals surface area contributed by atoms with Gasteiger partial charge >= 0.3 is 0 Å². The lowest BCUT2D eigenvalue weighted by molar-refractivity contribution is 0.0744. The van der Waals surface area contributed by atoms with Crippen molar-refractivity contribution in [2.75, 3.05) is 32.6 Å². The quantitative estimate of drug-likeness (QED) is 0.641. The fourth-order valence-electron chi connectivity index (χ4n) is 2.85. The van der Waals surface area contributed by atoms with Crippen molar-refractivity contribution in [2.24, 2.45) is 0 Å². The third-order valence-electron chi connectivity index (χ3n) is 4.61. The number of methoxy groups -OCH3 is 1. The molecule has 0 aliphatic heterocycles. The lowest BCUT2D eigenvalue weighted by Gasteiger charge is -2.16. The number of benzene rings is 2. The van der Waals surface area contributed by atoms with Gasteiger partial charge in [-0.2, -0.15) is 0 Å². The number of carbonyl (C=O) groups is 2. The molecule has 0 aliphatic carbocycles. The molecule has 2 amide bonds. The number of aryl methyl sites for hydroxylation is 1. The molecule has 30 heavy (non-hydrogen) atoms. The van der Waals surface area contributed by atoms with Crippen LogP contribution in [-0.2, 0) is 4.74 Å². The van der Waals surface area contributed by atoms with Gasteiger partial charge in [-0.1, -0.05) is 30.3 Å². The summed E-state index contributed by atoms with van der Waals surface area (Å²) in [6.45, 7) is 2.74. The highest BCUT2D eigenvalue weighted by molar-refractivity contribution is 6.03. The highest BCUT2D eigenvalue weighted by Crippen LogP contribution is 2.19. The van der Waals surface area contributed by atoms with E-state index < -0.39 is 0 Å². The molecule has 0 spiro atoms. The van der Waals surface area contributed by atoms with Crippen LogP contribution in [0.25, 0.3) is 11.3 Å². The van der Waals surface area contributed by atoms with Crippen molar-refractivity contribution in [1.82, 2.24) is 14.9 Å². The molecule has 1 aromatic heterocycles. The Kier molecular flexibility index (Phi) is 6.87. The molecule has 0 atom stereocenters. The van der Waals surface area contributed by atoms with Gasteiger partial charge < -0.3 is 15.0 Å². The first-order valence-electron chi connectivity index (χ1n) is 9.54. The Balaban J connectivity index is 0.00000256.